The standard InChI is InChI=1S/C12H24N2O2S2/c1-18(15,16)14-5-2-3-11(9-14)7-13-8-12-4-6-17-10-12/h11-13H,2-10H2,1H3. The second-order valence-corrected chi connectivity index (χ2v) is 8.65. The van der Waals surface area contributed by atoms with Crippen molar-refractivity contribution in [1.82, 2.24) is 9.62 Å². The van der Waals surface area contributed by atoms with Gasteiger partial charge in [-0.25, -0.2) is 12.7 Å². The van der Waals surface area contributed by atoms with E-state index in [1.54, 1.807) is 4.31 Å². The van der Waals surface area contributed by atoms with Gasteiger partial charge in [0.1, 0.15) is 0 Å². The quantitative estimate of drug-likeness (QED) is 0.821. The second kappa shape index (κ2) is 6.59. The maximum atomic E-state index is 11.5. The van der Waals surface area contributed by atoms with E-state index in [1.165, 1.54) is 24.2 Å². The van der Waals surface area contributed by atoms with Crippen LogP contribution in [0.3, 0.4) is 0 Å². The van der Waals surface area contributed by atoms with Crippen molar-refractivity contribution in [1.29, 1.82) is 0 Å². The van der Waals surface area contributed by atoms with Gasteiger partial charge in [-0.15, -0.1) is 0 Å². The summed E-state index contributed by atoms with van der Waals surface area (Å²) >= 11 is 2.04. The van der Waals surface area contributed by atoms with Gasteiger partial charge in [0.15, 0.2) is 0 Å². The monoisotopic (exact) mass is 292 g/mol. The van der Waals surface area contributed by atoms with Gasteiger partial charge in [-0.2, -0.15) is 11.8 Å². The molecular formula is C12H24N2O2S2. The number of hydrogen-bond donors (Lipinski definition) is 1. The molecule has 0 spiro atoms. The minimum Gasteiger partial charge on any atom is -0.316 e. The second-order valence-electron chi connectivity index (χ2n) is 5.52. The number of rotatable bonds is 5. The Balaban J connectivity index is 1.69. The first-order chi connectivity index (χ1) is 8.55. The molecule has 2 aliphatic heterocycles. The van der Waals surface area contributed by atoms with Crippen LogP contribution in [-0.2, 0) is 10.0 Å². The predicted octanol–water partition coefficient (Wildman–Crippen LogP) is 1.00. The maximum absolute atomic E-state index is 11.5. The molecule has 4 nitrogen and oxygen atoms in total. The van der Waals surface area contributed by atoms with Crippen LogP contribution in [0.1, 0.15) is 19.3 Å². The van der Waals surface area contributed by atoms with Gasteiger partial charge in [-0.1, -0.05) is 0 Å². The number of thioether (sulfide) groups is 1. The summed E-state index contributed by atoms with van der Waals surface area (Å²) in [4.78, 5) is 0. The third-order valence-electron chi connectivity index (χ3n) is 3.84. The lowest BCUT2D eigenvalue weighted by molar-refractivity contribution is 0.259. The fraction of sp³-hybridized carbons (Fsp3) is 1.00. The van der Waals surface area contributed by atoms with E-state index in [0.29, 0.717) is 19.0 Å². The van der Waals surface area contributed by atoms with Gasteiger partial charge in [0, 0.05) is 13.1 Å². The Morgan fingerprint density at radius 3 is 2.72 bits per heavy atom. The molecule has 106 valence electrons. The van der Waals surface area contributed by atoms with Gasteiger partial charge in [0.05, 0.1) is 6.26 Å². The van der Waals surface area contributed by atoms with Gasteiger partial charge < -0.3 is 5.32 Å². The lowest BCUT2D eigenvalue weighted by Gasteiger charge is -2.31. The molecule has 2 atom stereocenters. The molecule has 2 aliphatic rings. The van der Waals surface area contributed by atoms with E-state index in [1.807, 2.05) is 11.8 Å². The molecule has 0 aromatic carbocycles. The molecule has 2 unspecified atom stereocenters. The first kappa shape index (κ1) is 14.6. The number of nitrogens with zero attached hydrogens (tertiary/aromatic N) is 1. The topological polar surface area (TPSA) is 49.4 Å². The molecular weight excluding hydrogens is 268 g/mol. The Labute approximate surface area is 115 Å². The van der Waals surface area contributed by atoms with Crippen LogP contribution in [0.25, 0.3) is 0 Å². The molecule has 0 radical (unpaired) electrons. The summed E-state index contributed by atoms with van der Waals surface area (Å²) in [6.45, 7) is 3.47. The molecule has 18 heavy (non-hydrogen) atoms. The molecule has 0 aliphatic carbocycles. The van der Waals surface area contributed by atoms with E-state index in [0.717, 1.165) is 31.8 Å². The van der Waals surface area contributed by atoms with Gasteiger partial charge in [-0.3, -0.25) is 0 Å². The molecule has 0 amide bonds. The Kier molecular flexibility index (Phi) is 5.35. The number of sulfonamides is 1. The third-order valence-corrected chi connectivity index (χ3v) is 6.34. The zero-order valence-electron chi connectivity index (χ0n) is 11.1. The van der Waals surface area contributed by atoms with Crippen molar-refractivity contribution >= 4 is 21.8 Å². The van der Waals surface area contributed by atoms with E-state index < -0.39 is 10.0 Å². The Morgan fingerprint density at radius 2 is 2.06 bits per heavy atom. The number of nitrogens with one attached hydrogen (secondary N) is 1. The summed E-state index contributed by atoms with van der Waals surface area (Å²) in [5.41, 5.74) is 0. The van der Waals surface area contributed by atoms with Crippen molar-refractivity contribution in [3.05, 3.63) is 0 Å². The van der Waals surface area contributed by atoms with Crippen molar-refractivity contribution in [2.24, 2.45) is 11.8 Å². The van der Waals surface area contributed by atoms with Gasteiger partial charge in [0.25, 0.3) is 0 Å². The smallest absolute Gasteiger partial charge is 0.211 e. The summed E-state index contributed by atoms with van der Waals surface area (Å²) < 4.78 is 24.7. The van der Waals surface area contributed by atoms with E-state index >= 15 is 0 Å². The van der Waals surface area contributed by atoms with Crippen LogP contribution >= 0.6 is 11.8 Å². The van der Waals surface area contributed by atoms with Crippen LogP contribution in [0.4, 0.5) is 0 Å². The van der Waals surface area contributed by atoms with Crippen molar-refractivity contribution in [3.8, 4) is 0 Å². The highest BCUT2D eigenvalue weighted by molar-refractivity contribution is 7.99. The largest absolute Gasteiger partial charge is 0.316 e. The van der Waals surface area contributed by atoms with Crippen LogP contribution in [0.2, 0.25) is 0 Å². The zero-order valence-corrected chi connectivity index (χ0v) is 12.7. The average molecular weight is 292 g/mol. The molecule has 2 rings (SSSR count). The normalized spacial score (nSPS) is 30.7. The van der Waals surface area contributed by atoms with Gasteiger partial charge in [-0.05, 0) is 55.7 Å². The number of piperidine rings is 1. The molecule has 0 saturated carbocycles. The molecule has 0 aromatic heterocycles. The molecule has 6 heteroatoms. The highest BCUT2D eigenvalue weighted by Gasteiger charge is 2.25. The molecule has 0 aromatic rings. The van der Waals surface area contributed by atoms with E-state index in [4.69, 9.17) is 0 Å². The van der Waals surface area contributed by atoms with Crippen LogP contribution in [-0.4, -0.2) is 56.7 Å². The van der Waals surface area contributed by atoms with Crippen molar-refractivity contribution in [2.45, 2.75) is 19.3 Å². The van der Waals surface area contributed by atoms with Crippen molar-refractivity contribution in [2.75, 3.05) is 43.9 Å². The van der Waals surface area contributed by atoms with Crippen LogP contribution in [0.5, 0.6) is 0 Å². The van der Waals surface area contributed by atoms with Crippen LogP contribution in [0, 0.1) is 11.8 Å². The minimum atomic E-state index is -3.00. The van der Waals surface area contributed by atoms with Crippen LogP contribution < -0.4 is 5.32 Å². The molecule has 2 heterocycles. The number of hydrogen-bond acceptors (Lipinski definition) is 4. The average Bonchev–Trinajstić information content (AvgIpc) is 2.81. The Morgan fingerprint density at radius 1 is 1.28 bits per heavy atom. The maximum Gasteiger partial charge on any atom is 0.211 e. The summed E-state index contributed by atoms with van der Waals surface area (Å²) in [5, 5.41) is 3.53. The zero-order chi connectivity index (χ0) is 13.0. The molecule has 1 N–H and O–H groups in total. The molecule has 2 fully saturated rings. The molecule has 2 saturated heterocycles. The lowest BCUT2D eigenvalue weighted by atomic mass is 9.99. The predicted molar refractivity (Wildman–Crippen MR) is 77.4 cm³/mol. The Hall–Kier alpha value is 0.220. The molecule has 0 bridgehead atoms. The van der Waals surface area contributed by atoms with Crippen molar-refractivity contribution in [3.63, 3.8) is 0 Å². The van der Waals surface area contributed by atoms with E-state index in [-0.39, 0.29) is 0 Å². The fourth-order valence-corrected chi connectivity index (χ4v) is 4.96. The Bertz CT molecular complexity index is 353. The highest BCUT2D eigenvalue weighted by atomic mass is 32.2. The summed E-state index contributed by atoms with van der Waals surface area (Å²) in [7, 11) is -3.00. The first-order valence-electron chi connectivity index (χ1n) is 6.79. The highest BCUT2D eigenvalue weighted by Crippen LogP contribution is 2.23. The first-order valence-corrected chi connectivity index (χ1v) is 9.79. The van der Waals surface area contributed by atoms with Crippen molar-refractivity contribution < 1.29 is 8.42 Å². The van der Waals surface area contributed by atoms with Gasteiger partial charge >= 0.3 is 0 Å². The summed E-state index contributed by atoms with van der Waals surface area (Å²) in [6.07, 6.45) is 4.80. The lowest BCUT2D eigenvalue weighted by Crippen LogP contribution is -2.42. The van der Waals surface area contributed by atoms with E-state index in [2.05, 4.69) is 5.32 Å². The van der Waals surface area contributed by atoms with E-state index in [9.17, 15) is 8.42 Å². The van der Waals surface area contributed by atoms with Gasteiger partial charge in [0.2, 0.25) is 10.0 Å². The fourth-order valence-electron chi connectivity index (χ4n) is 2.73. The SMILES string of the molecule is CS(=O)(=O)N1CCCC(CNCC2CCSC2)C1. The van der Waals surface area contributed by atoms with Crippen LogP contribution in [0.15, 0.2) is 0 Å². The summed E-state index contributed by atoms with van der Waals surface area (Å²) in [5.74, 6) is 3.90. The summed E-state index contributed by atoms with van der Waals surface area (Å²) in [6, 6.07) is 0. The minimum absolute atomic E-state index is 0.488. The third kappa shape index (κ3) is 4.40.